The van der Waals surface area contributed by atoms with E-state index in [1.165, 1.54) is 4.57 Å². The van der Waals surface area contributed by atoms with Crippen LogP contribution in [0, 0.1) is 0 Å². The molecule has 2 aromatic heterocycles. The maximum Gasteiger partial charge on any atom is 0.324 e. The van der Waals surface area contributed by atoms with Crippen molar-refractivity contribution in [3.63, 3.8) is 0 Å². The highest BCUT2D eigenvalue weighted by molar-refractivity contribution is 9.10. The van der Waals surface area contributed by atoms with Crippen molar-refractivity contribution in [3.8, 4) is 0 Å². The summed E-state index contributed by atoms with van der Waals surface area (Å²) in [5.74, 6) is 0. The van der Waals surface area contributed by atoms with Gasteiger partial charge in [-0.2, -0.15) is 0 Å². The van der Waals surface area contributed by atoms with Gasteiger partial charge in [0.05, 0.1) is 0 Å². The minimum Gasteiger partial charge on any atom is -0.351 e. The zero-order valence-corrected chi connectivity index (χ0v) is 8.15. The molecule has 0 atom stereocenters. The lowest BCUT2D eigenvalue weighted by Crippen LogP contribution is -2.18. The molecule has 0 aromatic carbocycles. The van der Waals surface area contributed by atoms with Gasteiger partial charge in [-0.3, -0.25) is 4.57 Å². The normalized spacial score (nSPS) is 10.5. The Morgan fingerprint density at radius 1 is 1.46 bits per heavy atom. The number of fused-ring (bicyclic) bond motifs is 1. The molecule has 0 unspecified atom stereocenters. The van der Waals surface area contributed by atoms with E-state index in [0.717, 1.165) is 5.39 Å². The molecule has 0 saturated heterocycles. The van der Waals surface area contributed by atoms with E-state index in [-0.39, 0.29) is 0 Å². The number of hydrogen-bond acceptors (Lipinski definition) is 2. The van der Waals surface area contributed by atoms with E-state index in [2.05, 4.69) is 20.9 Å². The van der Waals surface area contributed by atoms with Gasteiger partial charge in [-0.05, 0) is 34.1 Å². The number of carbonyl (C=O) groups is 1. The molecule has 0 bridgehead atoms. The van der Waals surface area contributed by atoms with Crippen molar-refractivity contribution < 1.29 is 4.79 Å². The first-order chi connectivity index (χ1) is 6.18. The Morgan fingerprint density at radius 2 is 2.23 bits per heavy atom. The Balaban J connectivity index is 2.79. The molecule has 0 fully saturated rings. The summed E-state index contributed by atoms with van der Waals surface area (Å²) >= 11 is 3.22. The average Bonchev–Trinajstić information content (AvgIpc) is 2.46. The minimum atomic E-state index is -0.527. The molecular formula is C8H6BrN3O. The van der Waals surface area contributed by atoms with Gasteiger partial charge in [-0.1, -0.05) is 0 Å². The summed E-state index contributed by atoms with van der Waals surface area (Å²) in [6.45, 7) is 0. The van der Waals surface area contributed by atoms with Gasteiger partial charge in [0, 0.05) is 11.6 Å². The number of rotatable bonds is 0. The molecule has 4 nitrogen and oxygen atoms in total. The van der Waals surface area contributed by atoms with Crippen molar-refractivity contribution in [2.75, 3.05) is 0 Å². The molecule has 0 saturated carbocycles. The fraction of sp³-hybridized carbons (Fsp3) is 0. The van der Waals surface area contributed by atoms with Crippen LogP contribution in [0.5, 0.6) is 0 Å². The predicted octanol–water partition coefficient (Wildman–Crippen LogP) is 1.73. The quantitative estimate of drug-likeness (QED) is 0.712. The van der Waals surface area contributed by atoms with E-state index in [1.807, 2.05) is 12.1 Å². The van der Waals surface area contributed by atoms with Gasteiger partial charge < -0.3 is 5.73 Å². The lowest BCUT2D eigenvalue weighted by Gasteiger charge is -1.97. The van der Waals surface area contributed by atoms with Crippen LogP contribution >= 0.6 is 15.9 Å². The van der Waals surface area contributed by atoms with Crippen LogP contribution in [0.2, 0.25) is 0 Å². The highest BCUT2D eigenvalue weighted by atomic mass is 79.9. The van der Waals surface area contributed by atoms with Crippen molar-refractivity contribution in [1.82, 2.24) is 9.55 Å². The second kappa shape index (κ2) is 2.85. The summed E-state index contributed by atoms with van der Waals surface area (Å²) in [6.07, 6.45) is 1.60. The smallest absolute Gasteiger partial charge is 0.324 e. The molecule has 2 N–H and O–H groups in total. The van der Waals surface area contributed by atoms with E-state index in [9.17, 15) is 4.79 Å². The van der Waals surface area contributed by atoms with Gasteiger partial charge in [0.2, 0.25) is 0 Å². The number of hydrogen-bond donors (Lipinski definition) is 1. The molecule has 66 valence electrons. The number of carbonyl (C=O) groups excluding carboxylic acids is 1. The van der Waals surface area contributed by atoms with Crippen LogP contribution in [0.1, 0.15) is 0 Å². The SMILES string of the molecule is NC(=O)n1ccc2ccc(Br)nc21. The molecular weight excluding hydrogens is 234 g/mol. The highest BCUT2D eigenvalue weighted by Gasteiger charge is 2.05. The Kier molecular flexibility index (Phi) is 1.81. The standard InChI is InChI=1S/C8H6BrN3O/c9-6-2-1-5-3-4-12(8(10)13)7(5)11-6/h1-4H,(H2,10,13). The fourth-order valence-corrected chi connectivity index (χ4v) is 1.46. The van der Waals surface area contributed by atoms with E-state index >= 15 is 0 Å². The molecule has 2 heterocycles. The summed E-state index contributed by atoms with van der Waals surface area (Å²) in [5.41, 5.74) is 5.71. The molecule has 1 amide bonds. The van der Waals surface area contributed by atoms with Crippen molar-refractivity contribution in [2.45, 2.75) is 0 Å². The Labute approximate surface area is 82.5 Å². The number of primary amides is 1. The van der Waals surface area contributed by atoms with Crippen molar-refractivity contribution in [3.05, 3.63) is 29.0 Å². The van der Waals surface area contributed by atoms with Gasteiger partial charge >= 0.3 is 6.03 Å². The third-order valence-corrected chi connectivity index (χ3v) is 2.18. The van der Waals surface area contributed by atoms with Gasteiger partial charge in [0.1, 0.15) is 10.3 Å². The van der Waals surface area contributed by atoms with Crippen LogP contribution in [0.4, 0.5) is 4.79 Å². The lowest BCUT2D eigenvalue weighted by molar-refractivity contribution is 0.251. The molecule has 0 spiro atoms. The summed E-state index contributed by atoms with van der Waals surface area (Å²) in [4.78, 5) is 15.1. The van der Waals surface area contributed by atoms with Crippen molar-refractivity contribution in [2.24, 2.45) is 5.73 Å². The van der Waals surface area contributed by atoms with Crippen molar-refractivity contribution >= 4 is 33.0 Å². The third kappa shape index (κ3) is 1.31. The zero-order chi connectivity index (χ0) is 9.42. The largest absolute Gasteiger partial charge is 0.351 e. The van der Waals surface area contributed by atoms with Crippen LogP contribution in [0.15, 0.2) is 29.0 Å². The summed E-state index contributed by atoms with van der Waals surface area (Å²) in [7, 11) is 0. The number of nitrogens with two attached hydrogens (primary N) is 1. The number of nitrogens with zero attached hydrogens (tertiary/aromatic N) is 2. The third-order valence-electron chi connectivity index (χ3n) is 1.74. The van der Waals surface area contributed by atoms with Gasteiger partial charge in [-0.25, -0.2) is 9.78 Å². The van der Waals surface area contributed by atoms with Crippen LogP contribution in [0.25, 0.3) is 11.0 Å². The van der Waals surface area contributed by atoms with Crippen molar-refractivity contribution in [1.29, 1.82) is 0 Å². The van der Waals surface area contributed by atoms with Crippen LogP contribution < -0.4 is 5.73 Å². The monoisotopic (exact) mass is 239 g/mol. The maximum atomic E-state index is 10.9. The summed E-state index contributed by atoms with van der Waals surface area (Å²) < 4.78 is 1.99. The summed E-state index contributed by atoms with van der Waals surface area (Å²) in [5, 5.41) is 0.891. The second-order valence-corrected chi connectivity index (χ2v) is 3.38. The zero-order valence-electron chi connectivity index (χ0n) is 6.57. The Morgan fingerprint density at radius 3 is 2.92 bits per heavy atom. The molecule has 2 aromatic rings. The molecule has 2 rings (SSSR count). The first kappa shape index (κ1) is 8.25. The number of halogens is 1. The fourth-order valence-electron chi connectivity index (χ4n) is 1.16. The Hall–Kier alpha value is -1.36. The van der Waals surface area contributed by atoms with Gasteiger partial charge in [0.25, 0.3) is 0 Å². The Bertz CT molecular complexity index is 477. The first-order valence-corrected chi connectivity index (χ1v) is 4.41. The van der Waals surface area contributed by atoms with Crippen LogP contribution in [-0.2, 0) is 0 Å². The predicted molar refractivity (Wildman–Crippen MR) is 52.4 cm³/mol. The molecule has 0 radical (unpaired) electrons. The number of aromatic nitrogens is 2. The van der Waals surface area contributed by atoms with E-state index in [1.54, 1.807) is 12.3 Å². The highest BCUT2D eigenvalue weighted by Crippen LogP contribution is 2.16. The van der Waals surface area contributed by atoms with Gasteiger partial charge in [-0.15, -0.1) is 0 Å². The first-order valence-electron chi connectivity index (χ1n) is 3.62. The maximum absolute atomic E-state index is 10.9. The lowest BCUT2D eigenvalue weighted by atomic mass is 10.3. The van der Waals surface area contributed by atoms with E-state index in [0.29, 0.717) is 10.3 Å². The van der Waals surface area contributed by atoms with E-state index in [4.69, 9.17) is 5.73 Å². The van der Waals surface area contributed by atoms with Crippen LogP contribution in [-0.4, -0.2) is 15.6 Å². The molecule has 5 heteroatoms. The van der Waals surface area contributed by atoms with Gasteiger partial charge in [0.15, 0.2) is 0 Å². The molecule has 13 heavy (non-hydrogen) atoms. The molecule has 0 aliphatic rings. The number of amides is 1. The second-order valence-electron chi connectivity index (χ2n) is 2.57. The van der Waals surface area contributed by atoms with E-state index < -0.39 is 6.03 Å². The average molecular weight is 240 g/mol. The molecule has 0 aliphatic carbocycles. The molecule has 0 aliphatic heterocycles. The summed E-state index contributed by atoms with van der Waals surface area (Å²) in [6, 6.07) is 4.94. The number of pyridine rings is 1. The topological polar surface area (TPSA) is 60.9 Å². The minimum absolute atomic E-state index is 0.527. The van der Waals surface area contributed by atoms with Crippen LogP contribution in [0.3, 0.4) is 0 Å².